The van der Waals surface area contributed by atoms with Crippen molar-refractivity contribution in [2.24, 2.45) is 11.7 Å². The van der Waals surface area contributed by atoms with Crippen molar-refractivity contribution in [1.82, 2.24) is 4.31 Å². The SMILES string of the molecule is CCOc1cccc(S(=O)(=O)N2CC(C)C(N)C2)c1.Cl. The van der Waals surface area contributed by atoms with Gasteiger partial charge in [0.25, 0.3) is 0 Å². The van der Waals surface area contributed by atoms with Gasteiger partial charge in [-0.15, -0.1) is 12.4 Å². The fourth-order valence-electron chi connectivity index (χ4n) is 2.18. The van der Waals surface area contributed by atoms with Crippen LogP contribution in [0, 0.1) is 5.92 Å². The maximum atomic E-state index is 12.5. The zero-order chi connectivity index (χ0) is 14.0. The highest BCUT2D eigenvalue weighted by Gasteiger charge is 2.35. The first-order valence-corrected chi connectivity index (χ1v) is 7.87. The van der Waals surface area contributed by atoms with Crippen molar-refractivity contribution in [3.05, 3.63) is 24.3 Å². The molecule has 2 N–H and O–H groups in total. The lowest BCUT2D eigenvalue weighted by atomic mass is 10.1. The largest absolute Gasteiger partial charge is 0.494 e. The molecule has 1 aliphatic heterocycles. The fraction of sp³-hybridized carbons (Fsp3) is 0.538. The Hall–Kier alpha value is -0.820. The van der Waals surface area contributed by atoms with Gasteiger partial charge >= 0.3 is 0 Å². The molecule has 1 saturated heterocycles. The first-order chi connectivity index (χ1) is 8.95. The summed E-state index contributed by atoms with van der Waals surface area (Å²) in [4.78, 5) is 0.264. The van der Waals surface area contributed by atoms with Gasteiger partial charge in [0.05, 0.1) is 11.5 Å². The molecule has 0 saturated carbocycles. The van der Waals surface area contributed by atoms with Crippen LogP contribution in [0.3, 0.4) is 0 Å². The standard InChI is InChI=1S/C13H20N2O3S.ClH/c1-3-18-11-5-4-6-12(7-11)19(16,17)15-8-10(2)13(14)9-15;/h4-7,10,13H,3,8-9,14H2,1-2H3;1H. The fourth-order valence-corrected chi connectivity index (χ4v) is 3.80. The molecule has 0 radical (unpaired) electrons. The molecule has 20 heavy (non-hydrogen) atoms. The molecule has 1 aliphatic rings. The van der Waals surface area contributed by atoms with Crippen LogP contribution >= 0.6 is 12.4 Å². The Kier molecular flexibility index (Phi) is 5.82. The van der Waals surface area contributed by atoms with Crippen molar-refractivity contribution in [2.75, 3.05) is 19.7 Å². The van der Waals surface area contributed by atoms with E-state index in [1.165, 1.54) is 4.31 Å². The van der Waals surface area contributed by atoms with E-state index in [-0.39, 0.29) is 29.3 Å². The van der Waals surface area contributed by atoms with E-state index in [9.17, 15) is 8.42 Å². The third-order valence-corrected chi connectivity index (χ3v) is 5.22. The summed E-state index contributed by atoms with van der Waals surface area (Å²) in [5, 5.41) is 0. The van der Waals surface area contributed by atoms with Crippen molar-refractivity contribution < 1.29 is 13.2 Å². The Balaban J connectivity index is 0.00000200. The van der Waals surface area contributed by atoms with Crippen LogP contribution in [0.25, 0.3) is 0 Å². The van der Waals surface area contributed by atoms with Gasteiger partial charge in [0.15, 0.2) is 0 Å². The lowest BCUT2D eigenvalue weighted by Gasteiger charge is -2.16. The number of hydrogen-bond donors (Lipinski definition) is 1. The number of halogens is 1. The first-order valence-electron chi connectivity index (χ1n) is 6.43. The van der Waals surface area contributed by atoms with Gasteiger partial charge < -0.3 is 10.5 Å². The molecule has 0 aromatic heterocycles. The van der Waals surface area contributed by atoms with Crippen LogP contribution in [0.5, 0.6) is 5.75 Å². The minimum Gasteiger partial charge on any atom is -0.494 e. The number of nitrogens with two attached hydrogens (primary N) is 1. The second kappa shape index (κ2) is 6.76. The predicted molar refractivity (Wildman–Crippen MR) is 80.8 cm³/mol. The lowest BCUT2D eigenvalue weighted by molar-refractivity contribution is 0.339. The average molecular weight is 321 g/mol. The summed E-state index contributed by atoms with van der Waals surface area (Å²) < 4.78 is 31.8. The van der Waals surface area contributed by atoms with Gasteiger partial charge in [-0.2, -0.15) is 4.31 Å². The van der Waals surface area contributed by atoms with E-state index in [2.05, 4.69) is 0 Å². The van der Waals surface area contributed by atoms with E-state index in [4.69, 9.17) is 10.5 Å². The van der Waals surface area contributed by atoms with Crippen LogP contribution < -0.4 is 10.5 Å². The molecule has 2 unspecified atom stereocenters. The second-order valence-corrected chi connectivity index (χ2v) is 6.81. The molecule has 1 fully saturated rings. The maximum Gasteiger partial charge on any atom is 0.243 e. The summed E-state index contributed by atoms with van der Waals surface area (Å²) in [6, 6.07) is 6.50. The molecule has 2 rings (SSSR count). The van der Waals surface area contributed by atoms with Gasteiger partial charge in [-0.05, 0) is 25.0 Å². The van der Waals surface area contributed by atoms with E-state index in [0.29, 0.717) is 25.4 Å². The van der Waals surface area contributed by atoms with Crippen molar-refractivity contribution in [3.8, 4) is 5.75 Å². The highest BCUT2D eigenvalue weighted by atomic mass is 35.5. The number of sulfonamides is 1. The van der Waals surface area contributed by atoms with Crippen molar-refractivity contribution in [1.29, 1.82) is 0 Å². The van der Waals surface area contributed by atoms with E-state index >= 15 is 0 Å². The molecule has 1 aromatic carbocycles. The van der Waals surface area contributed by atoms with Gasteiger partial charge in [-0.25, -0.2) is 8.42 Å². The number of hydrogen-bond acceptors (Lipinski definition) is 4. The molecule has 114 valence electrons. The van der Waals surface area contributed by atoms with E-state index in [1.54, 1.807) is 24.3 Å². The number of rotatable bonds is 4. The molecule has 0 spiro atoms. The summed E-state index contributed by atoms with van der Waals surface area (Å²) in [6.07, 6.45) is 0. The maximum absolute atomic E-state index is 12.5. The van der Waals surface area contributed by atoms with Crippen LogP contribution in [0.4, 0.5) is 0 Å². The highest BCUT2D eigenvalue weighted by molar-refractivity contribution is 7.89. The topological polar surface area (TPSA) is 72.6 Å². The third kappa shape index (κ3) is 3.44. The van der Waals surface area contributed by atoms with Gasteiger partial charge in [0.1, 0.15) is 5.75 Å². The Morgan fingerprint density at radius 3 is 2.65 bits per heavy atom. The Morgan fingerprint density at radius 2 is 2.10 bits per heavy atom. The van der Waals surface area contributed by atoms with Gasteiger partial charge in [0, 0.05) is 25.2 Å². The Bertz CT molecular complexity index is 540. The molecule has 1 heterocycles. The first kappa shape index (κ1) is 17.2. The van der Waals surface area contributed by atoms with Gasteiger partial charge in [-0.1, -0.05) is 13.0 Å². The van der Waals surface area contributed by atoms with Crippen molar-refractivity contribution in [2.45, 2.75) is 24.8 Å². The zero-order valence-electron chi connectivity index (χ0n) is 11.7. The van der Waals surface area contributed by atoms with Crippen LogP contribution in [0.2, 0.25) is 0 Å². The Labute approximate surface area is 126 Å². The smallest absolute Gasteiger partial charge is 0.243 e. The summed E-state index contributed by atoms with van der Waals surface area (Å²) >= 11 is 0. The molecule has 0 amide bonds. The predicted octanol–water partition coefficient (Wildman–Crippen LogP) is 1.47. The normalized spacial score (nSPS) is 23.4. The molecule has 0 bridgehead atoms. The number of nitrogens with zero attached hydrogens (tertiary/aromatic N) is 1. The second-order valence-electron chi connectivity index (χ2n) is 4.87. The van der Waals surface area contributed by atoms with E-state index < -0.39 is 10.0 Å². The minimum absolute atomic E-state index is 0. The molecule has 1 aromatic rings. The van der Waals surface area contributed by atoms with Crippen LogP contribution in [-0.4, -0.2) is 38.5 Å². The van der Waals surface area contributed by atoms with Gasteiger partial charge in [-0.3, -0.25) is 0 Å². The summed E-state index contributed by atoms with van der Waals surface area (Å²) in [7, 11) is -3.47. The molecule has 5 nitrogen and oxygen atoms in total. The average Bonchev–Trinajstić information content (AvgIpc) is 2.71. The van der Waals surface area contributed by atoms with E-state index in [1.807, 2.05) is 13.8 Å². The summed E-state index contributed by atoms with van der Waals surface area (Å²) in [5.41, 5.74) is 5.89. The molecule has 0 aliphatic carbocycles. The monoisotopic (exact) mass is 320 g/mol. The molecular weight excluding hydrogens is 300 g/mol. The minimum atomic E-state index is -3.47. The zero-order valence-corrected chi connectivity index (χ0v) is 13.3. The number of benzene rings is 1. The molecule has 7 heteroatoms. The Morgan fingerprint density at radius 1 is 1.40 bits per heavy atom. The molecule has 2 atom stereocenters. The highest BCUT2D eigenvalue weighted by Crippen LogP contribution is 2.25. The summed E-state index contributed by atoms with van der Waals surface area (Å²) in [6.45, 7) is 5.19. The van der Waals surface area contributed by atoms with Gasteiger partial charge in [0.2, 0.25) is 10.0 Å². The quantitative estimate of drug-likeness (QED) is 0.912. The lowest BCUT2D eigenvalue weighted by Crippen LogP contribution is -2.32. The molecular formula is C13H21ClN2O3S. The number of ether oxygens (including phenoxy) is 1. The van der Waals surface area contributed by atoms with Crippen LogP contribution in [-0.2, 0) is 10.0 Å². The van der Waals surface area contributed by atoms with Crippen LogP contribution in [0.1, 0.15) is 13.8 Å². The van der Waals surface area contributed by atoms with Crippen LogP contribution in [0.15, 0.2) is 29.2 Å². The van der Waals surface area contributed by atoms with E-state index in [0.717, 1.165) is 0 Å². The van der Waals surface area contributed by atoms with Crippen molar-refractivity contribution >= 4 is 22.4 Å². The van der Waals surface area contributed by atoms with Crippen molar-refractivity contribution in [3.63, 3.8) is 0 Å². The summed E-state index contributed by atoms with van der Waals surface area (Å²) in [5.74, 6) is 0.755. The third-order valence-electron chi connectivity index (χ3n) is 3.39.